The summed E-state index contributed by atoms with van der Waals surface area (Å²) in [6.45, 7) is 0. The van der Waals surface area contributed by atoms with Gasteiger partial charge in [-0.25, -0.2) is 12.8 Å². The van der Waals surface area contributed by atoms with Gasteiger partial charge in [0.05, 0.1) is 0 Å². The van der Waals surface area contributed by atoms with Crippen molar-refractivity contribution in [3.8, 4) is 0 Å². The Balaban J connectivity index is 0. The van der Waals surface area contributed by atoms with Crippen LogP contribution < -0.4 is 18.9 Å². The van der Waals surface area contributed by atoms with Gasteiger partial charge in [0, 0.05) is 0 Å². The molecule has 0 aromatic carbocycles. The van der Waals surface area contributed by atoms with Gasteiger partial charge in [-0.3, -0.25) is 0 Å². The van der Waals surface area contributed by atoms with Crippen molar-refractivity contribution < 1.29 is 124 Å². The zero-order valence-corrected chi connectivity index (χ0v) is 16.4. The monoisotopic (exact) mass is 606 g/mol. The number of halogens is 21. The first-order valence-electron chi connectivity index (χ1n) is 6.92. The van der Waals surface area contributed by atoms with Gasteiger partial charge in [-0.1, -0.05) is 0 Å². The molecule has 0 rings (SSSR count). The van der Waals surface area contributed by atoms with Gasteiger partial charge < -0.3 is 4.55 Å². The Morgan fingerprint density at radius 3 is 0.722 bits per heavy atom. The second kappa shape index (κ2) is 8.78. The largest absolute Gasteiger partial charge is 1.00 e. The minimum Gasteiger partial charge on any atom is -0.745 e. The van der Waals surface area contributed by atoms with Gasteiger partial charge in [0.2, 0.25) is 0 Å². The molecule has 0 aromatic heterocycles. The van der Waals surface area contributed by atoms with Crippen molar-refractivity contribution in [3.05, 3.63) is 0 Å². The van der Waals surface area contributed by atoms with E-state index in [9.17, 15) is 105 Å². The summed E-state index contributed by atoms with van der Waals surface area (Å²) in [5.41, 5.74) is 0. The van der Waals surface area contributed by atoms with Crippen LogP contribution in [0.4, 0.5) is 92.2 Å². The second-order valence-corrected chi connectivity index (χ2v) is 7.54. The summed E-state index contributed by atoms with van der Waals surface area (Å²) < 4.78 is 301. The van der Waals surface area contributed by atoms with Crippen LogP contribution in [0.25, 0.3) is 0 Å². The van der Waals surface area contributed by atoms with Crippen molar-refractivity contribution in [3.63, 3.8) is 0 Å². The third kappa shape index (κ3) is 4.28. The van der Waals surface area contributed by atoms with Crippen LogP contribution in [0.2, 0.25) is 0 Å². The van der Waals surface area contributed by atoms with E-state index in [1.807, 2.05) is 0 Å². The van der Waals surface area contributed by atoms with Gasteiger partial charge >= 0.3 is 77.7 Å². The summed E-state index contributed by atoms with van der Waals surface area (Å²) in [5.74, 6) is -64.2. The zero-order chi connectivity index (χ0) is 29.5. The topological polar surface area (TPSA) is 57.2 Å². The van der Waals surface area contributed by atoms with E-state index < -0.39 is 68.9 Å². The van der Waals surface area contributed by atoms with Crippen LogP contribution in [0, 0.1) is 0 Å². The Kier molecular flexibility index (Phi) is 9.07. The van der Waals surface area contributed by atoms with E-state index in [1.165, 1.54) is 0 Å². The molecule has 3 nitrogen and oxygen atoms in total. The molecular weight excluding hydrogens is 606 g/mol. The van der Waals surface area contributed by atoms with Crippen LogP contribution in [0.3, 0.4) is 0 Å². The van der Waals surface area contributed by atoms with E-state index in [0.717, 1.165) is 0 Å². The molecule has 0 fully saturated rings. The van der Waals surface area contributed by atoms with Gasteiger partial charge in [0.1, 0.15) is 10.1 Å². The first-order valence-corrected chi connectivity index (χ1v) is 8.33. The first-order chi connectivity index (χ1) is 14.5. The van der Waals surface area contributed by atoms with E-state index in [2.05, 4.69) is 0 Å². The fraction of sp³-hybridized carbons (Fsp3) is 1.00. The third-order valence-corrected chi connectivity index (χ3v) is 5.01. The SMILES string of the molecule is O=S(=O)([O-])C(F)(C(F)(F)F)C(F)(F)C(F)(F)C(F)(F)C(F)(F)C(F)(F)C(F)(F)C(F)(F)C(F)(F)F.[Li+]. The average Bonchev–Trinajstić information content (AvgIpc) is 2.56. The van der Waals surface area contributed by atoms with Crippen molar-refractivity contribution in [1.82, 2.24) is 0 Å². The van der Waals surface area contributed by atoms with E-state index in [4.69, 9.17) is 0 Å². The molecule has 0 aliphatic carbocycles. The van der Waals surface area contributed by atoms with Crippen LogP contribution in [0.1, 0.15) is 0 Å². The van der Waals surface area contributed by atoms with E-state index in [0.29, 0.717) is 0 Å². The molecule has 1 atom stereocenters. The Bertz CT molecular complexity index is 917. The fourth-order valence-electron chi connectivity index (χ4n) is 1.84. The van der Waals surface area contributed by atoms with Crippen LogP contribution in [0.15, 0.2) is 0 Å². The normalized spacial score (nSPS) is 17.9. The summed E-state index contributed by atoms with van der Waals surface area (Å²) in [6.07, 6.45) is -16.4. The molecule has 0 saturated heterocycles. The molecule has 0 spiro atoms. The number of hydrogen-bond donors (Lipinski definition) is 0. The molecule has 0 N–H and O–H groups in total. The fourth-order valence-corrected chi connectivity index (χ4v) is 2.57. The molecule has 26 heteroatoms. The molecule has 0 bridgehead atoms. The molecule has 0 amide bonds. The summed E-state index contributed by atoms with van der Waals surface area (Å²) >= 11 is 0. The van der Waals surface area contributed by atoms with Crippen molar-refractivity contribution >= 4 is 10.1 Å². The van der Waals surface area contributed by atoms with E-state index in [1.54, 1.807) is 0 Å². The standard InChI is InChI=1S/C10HF21O3S.Li/c11-1(12,3(15,16)5(19,20)7(23,24)9(26,27)28)2(13,14)4(17,18)6(21,22)8(25,10(29,30)31)35(32,33)34;/h(H,32,33,34);/q;+1/p-1. The minimum absolute atomic E-state index is 0. The Labute approximate surface area is 193 Å². The predicted octanol–water partition coefficient (Wildman–Crippen LogP) is 2.77. The summed E-state index contributed by atoms with van der Waals surface area (Å²) in [4.78, 5) is 0. The van der Waals surface area contributed by atoms with Crippen molar-refractivity contribution in [1.29, 1.82) is 0 Å². The zero-order valence-electron chi connectivity index (χ0n) is 15.6. The molecule has 0 aromatic rings. The summed E-state index contributed by atoms with van der Waals surface area (Å²) in [5, 5.41) is -8.64. The average molecular weight is 606 g/mol. The maximum Gasteiger partial charge on any atom is 1.00 e. The first kappa shape index (κ1) is 37.2. The predicted molar refractivity (Wildman–Crippen MR) is 60.3 cm³/mol. The van der Waals surface area contributed by atoms with Crippen LogP contribution in [0.5, 0.6) is 0 Å². The van der Waals surface area contributed by atoms with Crippen molar-refractivity contribution in [2.24, 2.45) is 0 Å². The quantitative estimate of drug-likeness (QED) is 0.243. The maximum absolute atomic E-state index is 13.4. The molecule has 1 unspecified atom stereocenters. The Morgan fingerprint density at radius 2 is 0.556 bits per heavy atom. The Hall–Kier alpha value is -0.963. The minimum atomic E-state index is -9.44. The second-order valence-electron chi connectivity index (χ2n) is 6.07. The van der Waals surface area contributed by atoms with Gasteiger partial charge in [0.15, 0.2) is 0 Å². The summed E-state index contributed by atoms with van der Waals surface area (Å²) in [7, 11) is -8.83. The molecule has 0 saturated carbocycles. The number of alkyl halides is 21. The number of hydrogen-bond acceptors (Lipinski definition) is 3. The molecule has 0 radical (unpaired) electrons. The van der Waals surface area contributed by atoms with Gasteiger partial charge in [-0.05, 0) is 0 Å². The smallest absolute Gasteiger partial charge is 0.745 e. The molecule has 0 aliphatic rings. The van der Waals surface area contributed by atoms with E-state index in [-0.39, 0.29) is 18.9 Å². The molecule has 0 heterocycles. The van der Waals surface area contributed by atoms with Crippen LogP contribution in [-0.4, -0.2) is 71.8 Å². The maximum atomic E-state index is 13.4. The van der Waals surface area contributed by atoms with Crippen molar-refractivity contribution in [2.75, 3.05) is 0 Å². The van der Waals surface area contributed by atoms with Gasteiger partial charge in [-0.15, -0.1) is 0 Å². The number of rotatable bonds is 8. The molecule has 0 aliphatic heterocycles. The van der Waals surface area contributed by atoms with Crippen LogP contribution >= 0.6 is 0 Å². The molecular formula is C10F21LiO3S. The third-order valence-electron chi connectivity index (χ3n) is 3.84. The van der Waals surface area contributed by atoms with Gasteiger partial charge in [0.25, 0.3) is 0 Å². The van der Waals surface area contributed by atoms with Gasteiger partial charge in [-0.2, -0.15) is 87.8 Å². The summed E-state index contributed by atoms with van der Waals surface area (Å²) in [6, 6.07) is 0. The van der Waals surface area contributed by atoms with Crippen molar-refractivity contribution in [2.45, 2.75) is 58.8 Å². The Morgan fingerprint density at radius 1 is 0.361 bits per heavy atom. The molecule has 212 valence electrons. The van der Waals surface area contributed by atoms with E-state index >= 15 is 0 Å². The van der Waals surface area contributed by atoms with Crippen LogP contribution in [-0.2, 0) is 10.1 Å². The molecule has 36 heavy (non-hydrogen) atoms.